The van der Waals surface area contributed by atoms with Crippen molar-refractivity contribution < 1.29 is 17.9 Å². The van der Waals surface area contributed by atoms with Gasteiger partial charge in [0.1, 0.15) is 0 Å². The minimum absolute atomic E-state index is 0.0161. The third-order valence-corrected chi connectivity index (χ3v) is 6.15. The average Bonchev–Trinajstić information content (AvgIpc) is 2.80. The number of allylic oxidation sites excluding steroid dienone is 1. The first-order valence-corrected chi connectivity index (χ1v) is 10.6. The molecule has 0 radical (unpaired) electrons. The van der Waals surface area contributed by atoms with Crippen molar-refractivity contribution in [2.24, 2.45) is 5.92 Å². The normalized spacial score (nSPS) is 19.0. The van der Waals surface area contributed by atoms with E-state index in [2.05, 4.69) is 6.08 Å². The van der Waals surface area contributed by atoms with Gasteiger partial charge in [-0.05, 0) is 66.3 Å². The predicted octanol–water partition coefficient (Wildman–Crippen LogP) is 7.77. The number of methoxy groups -OCH3 is 1. The van der Waals surface area contributed by atoms with Crippen molar-refractivity contribution >= 4 is 6.08 Å². The lowest BCUT2D eigenvalue weighted by atomic mass is 9.78. The zero-order valence-corrected chi connectivity index (χ0v) is 17.5. The van der Waals surface area contributed by atoms with Gasteiger partial charge in [-0.25, -0.2) is 13.2 Å². The third-order valence-electron chi connectivity index (χ3n) is 6.15. The molecule has 0 amide bonds. The minimum Gasteiger partial charge on any atom is -0.494 e. The van der Waals surface area contributed by atoms with E-state index in [9.17, 15) is 13.2 Å². The van der Waals surface area contributed by atoms with Crippen LogP contribution in [-0.2, 0) is 0 Å². The fourth-order valence-corrected chi connectivity index (χ4v) is 4.38. The number of halogens is 3. The van der Waals surface area contributed by atoms with Crippen molar-refractivity contribution in [2.45, 2.75) is 31.6 Å². The molecule has 1 aliphatic rings. The van der Waals surface area contributed by atoms with Gasteiger partial charge in [0, 0.05) is 5.56 Å². The van der Waals surface area contributed by atoms with Crippen molar-refractivity contribution in [3.63, 3.8) is 0 Å². The molecule has 0 saturated heterocycles. The summed E-state index contributed by atoms with van der Waals surface area (Å²) in [6, 6.07) is 17.4. The van der Waals surface area contributed by atoms with Crippen molar-refractivity contribution in [1.82, 2.24) is 0 Å². The Hall–Kier alpha value is -3.01. The first kappa shape index (κ1) is 21.2. The highest BCUT2D eigenvalue weighted by atomic mass is 19.2. The van der Waals surface area contributed by atoms with Crippen LogP contribution < -0.4 is 4.74 Å². The van der Waals surface area contributed by atoms with Crippen LogP contribution >= 0.6 is 0 Å². The van der Waals surface area contributed by atoms with E-state index in [1.54, 1.807) is 30.3 Å². The molecule has 31 heavy (non-hydrogen) atoms. The van der Waals surface area contributed by atoms with Gasteiger partial charge < -0.3 is 4.74 Å². The summed E-state index contributed by atoms with van der Waals surface area (Å²) in [7, 11) is 1.44. The zero-order valence-electron chi connectivity index (χ0n) is 17.5. The fourth-order valence-electron chi connectivity index (χ4n) is 4.38. The highest BCUT2D eigenvalue weighted by Crippen LogP contribution is 2.39. The number of rotatable bonds is 5. The van der Waals surface area contributed by atoms with Crippen LogP contribution in [0.4, 0.5) is 13.2 Å². The summed E-state index contributed by atoms with van der Waals surface area (Å²) in [6.07, 6.45) is 7.39. The van der Waals surface area contributed by atoms with Gasteiger partial charge in [0.05, 0.1) is 7.11 Å². The maximum Gasteiger partial charge on any atom is 0.166 e. The van der Waals surface area contributed by atoms with E-state index in [1.165, 1.54) is 13.2 Å². The summed E-state index contributed by atoms with van der Waals surface area (Å²) < 4.78 is 48.4. The molecule has 160 valence electrons. The van der Waals surface area contributed by atoms with E-state index in [1.807, 2.05) is 30.3 Å². The van der Waals surface area contributed by atoms with Gasteiger partial charge >= 0.3 is 0 Å². The first-order chi connectivity index (χ1) is 15.1. The molecule has 4 rings (SSSR count). The monoisotopic (exact) mass is 422 g/mol. The van der Waals surface area contributed by atoms with Crippen LogP contribution in [0.5, 0.6) is 5.75 Å². The Bertz CT molecular complexity index is 1070. The van der Waals surface area contributed by atoms with Gasteiger partial charge in [-0.15, -0.1) is 0 Å². The van der Waals surface area contributed by atoms with Crippen molar-refractivity contribution in [2.75, 3.05) is 7.11 Å². The topological polar surface area (TPSA) is 9.23 Å². The Balaban J connectivity index is 1.42. The molecule has 0 heterocycles. The number of hydrogen-bond acceptors (Lipinski definition) is 1. The molecule has 1 saturated carbocycles. The molecule has 1 fully saturated rings. The van der Waals surface area contributed by atoms with Crippen LogP contribution in [0.3, 0.4) is 0 Å². The summed E-state index contributed by atoms with van der Waals surface area (Å²) in [6.45, 7) is 0. The predicted molar refractivity (Wildman–Crippen MR) is 118 cm³/mol. The van der Waals surface area contributed by atoms with Gasteiger partial charge in [-0.2, -0.15) is 0 Å². The molecule has 0 spiro atoms. The number of ether oxygens (including phenoxy) is 1. The molecule has 3 aromatic carbocycles. The number of hydrogen-bond donors (Lipinski definition) is 0. The molecule has 4 heteroatoms. The third kappa shape index (κ3) is 4.68. The molecule has 1 nitrogen and oxygen atoms in total. The fraction of sp³-hybridized carbons (Fsp3) is 0.259. The second-order valence-electron chi connectivity index (χ2n) is 8.06. The van der Waals surface area contributed by atoms with Gasteiger partial charge in [0.15, 0.2) is 23.2 Å². The van der Waals surface area contributed by atoms with Crippen LogP contribution in [0, 0.1) is 23.4 Å². The zero-order chi connectivity index (χ0) is 21.8. The molecule has 0 atom stereocenters. The first-order valence-electron chi connectivity index (χ1n) is 10.6. The van der Waals surface area contributed by atoms with Crippen molar-refractivity contribution in [3.05, 3.63) is 95.3 Å². The van der Waals surface area contributed by atoms with Crippen molar-refractivity contribution in [1.29, 1.82) is 0 Å². The smallest absolute Gasteiger partial charge is 0.166 e. The highest BCUT2D eigenvalue weighted by molar-refractivity contribution is 5.64. The summed E-state index contributed by atoms with van der Waals surface area (Å²) in [5.74, 6) is -1.29. The van der Waals surface area contributed by atoms with E-state index in [4.69, 9.17) is 4.74 Å². The lowest BCUT2D eigenvalue weighted by molar-refractivity contribution is 0.365. The Morgan fingerprint density at radius 1 is 0.839 bits per heavy atom. The highest BCUT2D eigenvalue weighted by Gasteiger charge is 2.25. The maximum atomic E-state index is 14.9. The van der Waals surface area contributed by atoms with Crippen molar-refractivity contribution in [3.8, 4) is 16.9 Å². The van der Waals surface area contributed by atoms with Gasteiger partial charge in [0.25, 0.3) is 0 Å². The maximum absolute atomic E-state index is 14.9. The average molecular weight is 422 g/mol. The molecular weight excluding hydrogens is 397 g/mol. The standard InChI is InChI=1S/C27H25F3O/c1-31-25-16-11-19(17-24(25)28)8-7-18-9-12-21(13-10-18)23-15-14-22(26(29)27(23)30)20-5-3-2-4-6-20/h2-8,11,14-18,21H,9-10,12-13H2,1H3/b8-7+. The Labute approximate surface area is 181 Å². The quantitative estimate of drug-likeness (QED) is 0.408. The van der Waals surface area contributed by atoms with E-state index >= 15 is 0 Å². The van der Waals surface area contributed by atoms with Gasteiger partial charge in [0.2, 0.25) is 0 Å². The van der Waals surface area contributed by atoms with Crippen LogP contribution in [-0.4, -0.2) is 7.11 Å². The van der Waals surface area contributed by atoms with Crippen LogP contribution in [0.2, 0.25) is 0 Å². The molecule has 3 aromatic rings. The summed E-state index contributed by atoms with van der Waals surface area (Å²) >= 11 is 0. The van der Waals surface area contributed by atoms with Gasteiger partial charge in [-0.1, -0.05) is 60.7 Å². The van der Waals surface area contributed by atoms with E-state index < -0.39 is 11.6 Å². The lowest BCUT2D eigenvalue weighted by Gasteiger charge is -2.27. The number of benzene rings is 3. The largest absolute Gasteiger partial charge is 0.494 e. The van der Waals surface area contributed by atoms with E-state index in [-0.39, 0.29) is 17.5 Å². The lowest BCUT2D eigenvalue weighted by Crippen LogP contribution is -2.13. The Morgan fingerprint density at radius 3 is 2.26 bits per heavy atom. The summed E-state index contributed by atoms with van der Waals surface area (Å²) in [5.41, 5.74) is 2.22. The second kappa shape index (κ2) is 9.42. The molecule has 0 aromatic heterocycles. The Kier molecular flexibility index (Phi) is 6.45. The SMILES string of the molecule is COc1ccc(/C=C/C2CCC(c3ccc(-c4ccccc4)c(F)c3F)CC2)cc1F. The summed E-state index contributed by atoms with van der Waals surface area (Å²) in [4.78, 5) is 0. The van der Waals surface area contributed by atoms with E-state index in [0.29, 0.717) is 22.6 Å². The minimum atomic E-state index is -0.771. The van der Waals surface area contributed by atoms with E-state index in [0.717, 1.165) is 31.2 Å². The Morgan fingerprint density at radius 2 is 1.58 bits per heavy atom. The second-order valence-corrected chi connectivity index (χ2v) is 8.06. The van der Waals surface area contributed by atoms with Crippen LogP contribution in [0.15, 0.2) is 66.7 Å². The van der Waals surface area contributed by atoms with Gasteiger partial charge in [-0.3, -0.25) is 0 Å². The molecular formula is C27H25F3O. The van der Waals surface area contributed by atoms with Crippen LogP contribution in [0.1, 0.15) is 42.7 Å². The molecule has 0 N–H and O–H groups in total. The van der Waals surface area contributed by atoms with Crippen LogP contribution in [0.25, 0.3) is 17.2 Å². The molecule has 0 aliphatic heterocycles. The summed E-state index contributed by atoms with van der Waals surface area (Å²) in [5, 5.41) is 0. The molecule has 0 unspecified atom stereocenters. The molecule has 1 aliphatic carbocycles. The molecule has 0 bridgehead atoms.